The number of Topliss-reactive ketones (excluding diaryl/α,β-unsaturated/α-hetero) is 1. The van der Waals surface area contributed by atoms with Gasteiger partial charge in [0.05, 0.1) is 6.42 Å². The molecule has 7 nitrogen and oxygen atoms in total. The van der Waals surface area contributed by atoms with Gasteiger partial charge in [-0.25, -0.2) is 4.72 Å². The largest absolute Gasteiger partial charge is 0.378 e. The lowest BCUT2D eigenvalue weighted by atomic mass is 10.3. The molecule has 0 unspecified atom stereocenters. The first kappa shape index (κ1) is 18.1. The van der Waals surface area contributed by atoms with Crippen LogP contribution in [0.25, 0.3) is 0 Å². The summed E-state index contributed by atoms with van der Waals surface area (Å²) in [6, 6.07) is 10.3. The lowest BCUT2D eigenvalue weighted by molar-refractivity contribution is -0.126. The number of nitrogens with one attached hydrogen (secondary N) is 1. The van der Waals surface area contributed by atoms with Crippen LogP contribution >= 0.6 is 0 Å². The molecule has 1 amide bonds. The molecule has 0 bridgehead atoms. The van der Waals surface area contributed by atoms with Crippen LogP contribution in [-0.4, -0.2) is 38.8 Å². The van der Waals surface area contributed by atoms with E-state index in [4.69, 9.17) is 4.55 Å². The molecule has 0 saturated heterocycles. The van der Waals surface area contributed by atoms with E-state index in [-0.39, 0.29) is 0 Å². The molecule has 0 heterocycles. The molecule has 0 aromatic heterocycles. The molecular formula is C12H18N2O5S. The summed E-state index contributed by atoms with van der Waals surface area (Å²) in [7, 11) is -0.447. The molecule has 2 N–H and O–H groups in total. The molecular weight excluding hydrogens is 284 g/mol. The Labute approximate surface area is 118 Å². The van der Waals surface area contributed by atoms with E-state index in [0.29, 0.717) is 0 Å². The van der Waals surface area contributed by atoms with Crippen molar-refractivity contribution in [2.45, 2.75) is 13.3 Å². The van der Waals surface area contributed by atoms with Crippen LogP contribution in [0.15, 0.2) is 30.3 Å². The maximum Gasteiger partial charge on any atom is 0.359 e. The predicted octanol–water partition coefficient (Wildman–Crippen LogP) is 0.637. The van der Waals surface area contributed by atoms with Crippen molar-refractivity contribution in [3.8, 4) is 0 Å². The summed E-state index contributed by atoms with van der Waals surface area (Å²) < 4.78 is 29.1. The van der Waals surface area contributed by atoms with Gasteiger partial charge in [0, 0.05) is 19.8 Å². The average Bonchev–Trinajstić information content (AvgIpc) is 2.27. The number of hydrogen-bond donors (Lipinski definition) is 2. The highest BCUT2D eigenvalue weighted by atomic mass is 32.2. The molecule has 8 heteroatoms. The normalized spacial score (nSPS) is 10.0. The maximum atomic E-state index is 10.4. The van der Waals surface area contributed by atoms with Crippen molar-refractivity contribution < 1.29 is 22.6 Å². The van der Waals surface area contributed by atoms with Gasteiger partial charge in [-0.05, 0) is 19.1 Å². The summed E-state index contributed by atoms with van der Waals surface area (Å²) in [6.07, 6.45) is -0.556. The molecule has 0 fully saturated rings. The Hall–Kier alpha value is -1.93. The third-order valence-corrected chi connectivity index (χ3v) is 2.41. The highest BCUT2D eigenvalue weighted by Gasteiger charge is 2.11. The first-order valence-corrected chi connectivity index (χ1v) is 7.05. The van der Waals surface area contributed by atoms with Gasteiger partial charge in [0.15, 0.2) is 0 Å². The van der Waals surface area contributed by atoms with Gasteiger partial charge in [-0.1, -0.05) is 18.2 Å². The molecule has 1 rings (SSSR count). The van der Waals surface area contributed by atoms with Crippen LogP contribution in [0.4, 0.5) is 5.69 Å². The van der Waals surface area contributed by atoms with Crippen molar-refractivity contribution >= 4 is 27.7 Å². The minimum absolute atomic E-state index is 0.480. The molecule has 0 saturated carbocycles. The molecule has 0 aliphatic rings. The first-order valence-electron chi connectivity index (χ1n) is 5.61. The number of carbonyl (C=O) groups is 2. The van der Waals surface area contributed by atoms with Crippen LogP contribution in [0.3, 0.4) is 0 Å². The van der Waals surface area contributed by atoms with Crippen molar-refractivity contribution in [1.29, 1.82) is 0 Å². The van der Waals surface area contributed by atoms with E-state index < -0.39 is 28.4 Å². The summed E-state index contributed by atoms with van der Waals surface area (Å²) in [4.78, 5) is 22.7. The third-order valence-electron chi connectivity index (χ3n) is 1.92. The minimum Gasteiger partial charge on any atom is -0.378 e. The second kappa shape index (κ2) is 8.28. The van der Waals surface area contributed by atoms with Gasteiger partial charge in [-0.3, -0.25) is 14.1 Å². The summed E-state index contributed by atoms with van der Waals surface area (Å²) in [6.45, 7) is 1.13. The molecule has 0 spiro atoms. The van der Waals surface area contributed by atoms with Gasteiger partial charge in [0.25, 0.3) is 0 Å². The summed E-state index contributed by atoms with van der Waals surface area (Å²) in [5.74, 6) is -1.52. The van der Waals surface area contributed by atoms with E-state index in [1.807, 2.05) is 32.3 Å². The maximum absolute atomic E-state index is 10.4. The number of anilines is 1. The molecule has 112 valence electrons. The van der Waals surface area contributed by atoms with Gasteiger partial charge >= 0.3 is 10.3 Å². The Morgan fingerprint density at radius 3 is 2.00 bits per heavy atom. The van der Waals surface area contributed by atoms with Gasteiger partial charge in [0.1, 0.15) is 5.78 Å². The molecule has 1 aromatic carbocycles. The lowest BCUT2D eigenvalue weighted by Crippen LogP contribution is -2.30. The molecule has 20 heavy (non-hydrogen) atoms. The van der Waals surface area contributed by atoms with Crippen LogP contribution in [0, 0.1) is 0 Å². The van der Waals surface area contributed by atoms with Crippen molar-refractivity contribution in [1.82, 2.24) is 4.72 Å². The van der Waals surface area contributed by atoms with Crippen LogP contribution in [0.2, 0.25) is 0 Å². The highest BCUT2D eigenvalue weighted by Crippen LogP contribution is 2.07. The Morgan fingerprint density at radius 2 is 1.70 bits per heavy atom. The van der Waals surface area contributed by atoms with Crippen molar-refractivity contribution in [3.63, 3.8) is 0 Å². The zero-order chi connectivity index (χ0) is 15.8. The van der Waals surface area contributed by atoms with E-state index in [1.54, 1.807) is 0 Å². The number of rotatable bonds is 4. The van der Waals surface area contributed by atoms with Crippen molar-refractivity contribution in [2.24, 2.45) is 0 Å². The zero-order valence-corrected chi connectivity index (χ0v) is 12.3. The lowest BCUT2D eigenvalue weighted by Gasteiger charge is -2.10. The number of ketones is 1. The minimum atomic E-state index is -4.52. The number of hydrogen-bond acceptors (Lipinski definition) is 5. The fraction of sp³-hybridized carbons (Fsp3) is 0.333. The van der Waals surface area contributed by atoms with E-state index >= 15 is 0 Å². The Kier molecular flexibility index (Phi) is 7.48. The molecule has 0 atom stereocenters. The smallest absolute Gasteiger partial charge is 0.359 e. The summed E-state index contributed by atoms with van der Waals surface area (Å²) in [5, 5.41) is 0. The van der Waals surface area contributed by atoms with Crippen molar-refractivity contribution in [2.75, 3.05) is 19.0 Å². The predicted molar refractivity (Wildman–Crippen MR) is 75.8 cm³/mol. The first-order chi connectivity index (χ1) is 9.11. The highest BCUT2D eigenvalue weighted by molar-refractivity contribution is 7.84. The van der Waals surface area contributed by atoms with Crippen LogP contribution < -0.4 is 9.62 Å². The summed E-state index contributed by atoms with van der Waals surface area (Å²) in [5.41, 5.74) is 1.25. The van der Waals surface area contributed by atoms with Crippen LogP contribution in [-0.2, 0) is 19.9 Å². The van der Waals surface area contributed by atoms with E-state index in [0.717, 1.165) is 6.92 Å². The number of nitrogens with zero attached hydrogens (tertiary/aromatic N) is 1. The summed E-state index contributed by atoms with van der Waals surface area (Å²) >= 11 is 0. The van der Waals surface area contributed by atoms with E-state index in [2.05, 4.69) is 17.0 Å². The average molecular weight is 302 g/mol. The van der Waals surface area contributed by atoms with Gasteiger partial charge < -0.3 is 4.90 Å². The molecule has 0 radical (unpaired) electrons. The number of para-hydroxylation sites is 1. The quantitative estimate of drug-likeness (QED) is 0.625. The fourth-order valence-electron chi connectivity index (χ4n) is 1.13. The Balaban J connectivity index is 0.000000367. The molecule has 1 aromatic rings. The number of carbonyl (C=O) groups excluding carboxylic acids is 2. The van der Waals surface area contributed by atoms with Crippen LogP contribution in [0.1, 0.15) is 13.3 Å². The SMILES string of the molecule is CC(=O)CC(=O)NS(=O)(=O)O.CN(C)c1ccccc1. The fourth-order valence-corrected chi connectivity index (χ4v) is 1.49. The monoisotopic (exact) mass is 302 g/mol. The second-order valence-electron chi connectivity index (χ2n) is 4.11. The Morgan fingerprint density at radius 1 is 1.20 bits per heavy atom. The van der Waals surface area contributed by atoms with Crippen LogP contribution in [0.5, 0.6) is 0 Å². The van der Waals surface area contributed by atoms with Crippen molar-refractivity contribution in [3.05, 3.63) is 30.3 Å². The topological polar surface area (TPSA) is 104 Å². The third kappa shape index (κ3) is 10.0. The van der Waals surface area contributed by atoms with Gasteiger partial charge in [-0.15, -0.1) is 0 Å². The second-order valence-corrected chi connectivity index (χ2v) is 5.26. The Bertz CT molecular complexity index is 540. The van der Waals surface area contributed by atoms with E-state index in [9.17, 15) is 18.0 Å². The van der Waals surface area contributed by atoms with Gasteiger partial charge in [0.2, 0.25) is 5.91 Å². The molecule has 0 aliphatic heterocycles. The number of amides is 1. The standard InChI is InChI=1S/C8H11N.C4H7NO5S/c1-9(2)8-6-4-3-5-7-8;1-3(6)2-4(7)5-11(8,9)10/h3-7H,1-2H3;2H2,1H3,(H,5,7)(H,8,9,10). The molecule has 0 aliphatic carbocycles. The number of benzene rings is 1. The van der Waals surface area contributed by atoms with E-state index in [1.165, 1.54) is 10.4 Å². The van der Waals surface area contributed by atoms with Gasteiger partial charge in [-0.2, -0.15) is 8.42 Å². The zero-order valence-electron chi connectivity index (χ0n) is 11.5.